The molecule has 1 aliphatic carbocycles. The maximum atomic E-state index is 15.1. The number of benzene rings is 2. The van der Waals surface area contributed by atoms with E-state index in [0.717, 1.165) is 50.4 Å². The van der Waals surface area contributed by atoms with Gasteiger partial charge in [-0.3, -0.25) is 4.90 Å². The zero-order valence-electron chi connectivity index (χ0n) is 20.4. The maximum absolute atomic E-state index is 15.1. The van der Waals surface area contributed by atoms with Crippen LogP contribution < -0.4 is 14.2 Å². The molecule has 6 rings (SSSR count). The van der Waals surface area contributed by atoms with Gasteiger partial charge in [-0.25, -0.2) is 14.4 Å². The lowest BCUT2D eigenvalue weighted by Crippen LogP contribution is -2.50. The van der Waals surface area contributed by atoms with E-state index >= 15 is 4.39 Å². The van der Waals surface area contributed by atoms with E-state index in [2.05, 4.69) is 19.9 Å². The number of aromatic amines is 1. The number of methoxy groups -OCH3 is 1. The van der Waals surface area contributed by atoms with Crippen molar-refractivity contribution in [2.75, 3.05) is 40.0 Å². The Kier molecular flexibility index (Phi) is 6.10. The van der Waals surface area contributed by atoms with Crippen molar-refractivity contribution < 1.29 is 23.3 Å². The predicted molar refractivity (Wildman–Crippen MR) is 134 cm³/mol. The molecule has 2 aromatic carbocycles. The fourth-order valence-corrected chi connectivity index (χ4v) is 5.15. The van der Waals surface area contributed by atoms with Gasteiger partial charge < -0.3 is 23.9 Å². The van der Waals surface area contributed by atoms with Crippen LogP contribution in [0.2, 0.25) is 0 Å². The van der Waals surface area contributed by atoms with Crippen LogP contribution in [-0.2, 0) is 4.74 Å². The van der Waals surface area contributed by atoms with Crippen molar-refractivity contribution in [1.29, 1.82) is 0 Å². The normalized spacial score (nSPS) is 20.4. The molecule has 36 heavy (non-hydrogen) atoms. The van der Waals surface area contributed by atoms with Crippen LogP contribution in [0.1, 0.15) is 18.5 Å². The van der Waals surface area contributed by atoms with Gasteiger partial charge in [0.05, 0.1) is 37.8 Å². The molecule has 8 nitrogen and oxygen atoms in total. The first kappa shape index (κ1) is 23.0. The number of aryl methyl sites for hydroxylation is 1. The van der Waals surface area contributed by atoms with E-state index in [1.54, 1.807) is 31.4 Å². The van der Waals surface area contributed by atoms with Crippen molar-refractivity contribution in [2.45, 2.75) is 25.8 Å². The average molecular weight is 493 g/mol. The Morgan fingerprint density at radius 1 is 1.06 bits per heavy atom. The molecule has 4 aromatic rings. The van der Waals surface area contributed by atoms with Gasteiger partial charge >= 0.3 is 0 Å². The second-order valence-electron chi connectivity index (χ2n) is 9.54. The first-order chi connectivity index (χ1) is 17.6. The van der Waals surface area contributed by atoms with E-state index in [4.69, 9.17) is 18.9 Å². The Balaban J connectivity index is 1.19. The summed E-state index contributed by atoms with van der Waals surface area (Å²) in [6, 6.07) is 9.39. The van der Waals surface area contributed by atoms with Gasteiger partial charge in [-0.1, -0.05) is 0 Å². The van der Waals surface area contributed by atoms with Crippen LogP contribution in [0.25, 0.3) is 21.8 Å². The molecule has 1 N–H and O–H groups in total. The summed E-state index contributed by atoms with van der Waals surface area (Å²) < 4.78 is 38.3. The molecule has 188 valence electrons. The third-order valence-electron chi connectivity index (χ3n) is 7.18. The van der Waals surface area contributed by atoms with Gasteiger partial charge in [-0.05, 0) is 49.9 Å². The molecule has 0 bridgehead atoms. The summed E-state index contributed by atoms with van der Waals surface area (Å²) >= 11 is 0. The zero-order chi connectivity index (χ0) is 24.6. The van der Waals surface area contributed by atoms with Crippen LogP contribution in [-0.4, -0.2) is 65.9 Å². The van der Waals surface area contributed by atoms with Gasteiger partial charge in [-0.15, -0.1) is 0 Å². The highest BCUT2D eigenvalue weighted by atomic mass is 19.1. The van der Waals surface area contributed by atoms with Gasteiger partial charge in [0.15, 0.2) is 23.1 Å². The number of hydrogen-bond acceptors (Lipinski definition) is 7. The lowest BCUT2D eigenvalue weighted by Gasteiger charge is -2.44. The Morgan fingerprint density at radius 3 is 2.69 bits per heavy atom. The molecule has 0 unspecified atom stereocenters. The van der Waals surface area contributed by atoms with Crippen LogP contribution in [0.3, 0.4) is 0 Å². The number of halogens is 1. The van der Waals surface area contributed by atoms with Crippen molar-refractivity contribution >= 4 is 21.8 Å². The van der Waals surface area contributed by atoms with Crippen LogP contribution in [0, 0.1) is 18.7 Å². The molecule has 2 fully saturated rings. The molecule has 9 heteroatoms. The van der Waals surface area contributed by atoms with E-state index < -0.39 is 5.82 Å². The third-order valence-corrected chi connectivity index (χ3v) is 7.18. The highest BCUT2D eigenvalue weighted by Crippen LogP contribution is 2.39. The second-order valence-corrected chi connectivity index (χ2v) is 9.54. The van der Waals surface area contributed by atoms with E-state index in [1.165, 1.54) is 6.33 Å². The molecule has 0 amide bonds. The van der Waals surface area contributed by atoms with Crippen molar-refractivity contribution in [3.63, 3.8) is 0 Å². The minimum absolute atomic E-state index is 0.0978. The molecule has 1 aliphatic heterocycles. The smallest absolute Gasteiger partial charge is 0.230 e. The third kappa shape index (κ3) is 4.33. The lowest BCUT2D eigenvalue weighted by atomic mass is 9.79. The fraction of sp³-hybridized carbons (Fsp3) is 0.407. The summed E-state index contributed by atoms with van der Waals surface area (Å²) in [5.74, 6) is 1.61. The Labute approximate surface area is 208 Å². The topological polar surface area (TPSA) is 81.7 Å². The van der Waals surface area contributed by atoms with Gasteiger partial charge in [0.25, 0.3) is 0 Å². The fourth-order valence-electron chi connectivity index (χ4n) is 5.15. The Bertz CT molecular complexity index is 1400. The van der Waals surface area contributed by atoms with Gasteiger partial charge in [0.2, 0.25) is 5.88 Å². The molecule has 2 aliphatic rings. The van der Waals surface area contributed by atoms with Gasteiger partial charge in [-0.2, -0.15) is 0 Å². The van der Waals surface area contributed by atoms with Crippen molar-refractivity contribution in [1.82, 2.24) is 19.9 Å². The molecule has 1 saturated heterocycles. The summed E-state index contributed by atoms with van der Waals surface area (Å²) in [7, 11) is 1.60. The highest BCUT2D eigenvalue weighted by molar-refractivity contribution is 5.87. The second kappa shape index (κ2) is 9.55. The first-order valence-corrected chi connectivity index (χ1v) is 12.3. The number of morpholine rings is 1. The first-order valence-electron chi connectivity index (χ1n) is 12.3. The van der Waals surface area contributed by atoms with Gasteiger partial charge in [0, 0.05) is 41.8 Å². The van der Waals surface area contributed by atoms with E-state index in [1.807, 2.05) is 13.0 Å². The Morgan fingerprint density at radius 2 is 1.89 bits per heavy atom. The number of ether oxygens (including phenoxy) is 4. The molecule has 3 heterocycles. The van der Waals surface area contributed by atoms with Crippen molar-refractivity contribution in [3.8, 4) is 23.1 Å². The standard InChI is InChI=1S/C27H29FN4O4/c1-16-9-19-21(31-16)3-4-23(26(19)28)36-27-20-12-24(33-2)25(13-22(20)29-15-30-27)35-14-17-10-18(11-17)32-5-7-34-8-6-32/h3-4,9,12-13,15,17-18,31H,5-8,10-11,14H2,1-2H3/t17-,18-. The van der Waals surface area contributed by atoms with Crippen molar-refractivity contribution in [3.05, 3.63) is 48.2 Å². The monoisotopic (exact) mass is 492 g/mol. The largest absolute Gasteiger partial charge is 0.493 e. The number of nitrogens with zero attached hydrogens (tertiary/aromatic N) is 3. The summed E-state index contributed by atoms with van der Waals surface area (Å²) in [5, 5.41) is 1.09. The number of nitrogens with one attached hydrogen (secondary N) is 1. The van der Waals surface area contributed by atoms with E-state index in [0.29, 0.717) is 46.4 Å². The number of aromatic nitrogens is 3. The average Bonchev–Trinajstić information content (AvgIpc) is 3.26. The molecule has 2 aromatic heterocycles. The van der Waals surface area contributed by atoms with E-state index in [9.17, 15) is 0 Å². The lowest BCUT2D eigenvalue weighted by molar-refractivity contribution is -0.0239. The van der Waals surface area contributed by atoms with Gasteiger partial charge in [0.1, 0.15) is 6.33 Å². The number of rotatable bonds is 7. The van der Waals surface area contributed by atoms with Crippen molar-refractivity contribution in [2.24, 2.45) is 5.92 Å². The quantitative estimate of drug-likeness (QED) is 0.395. The predicted octanol–water partition coefficient (Wildman–Crippen LogP) is 4.85. The summed E-state index contributed by atoms with van der Waals surface area (Å²) in [6.07, 6.45) is 3.67. The maximum Gasteiger partial charge on any atom is 0.230 e. The summed E-state index contributed by atoms with van der Waals surface area (Å²) in [5.41, 5.74) is 2.23. The van der Waals surface area contributed by atoms with Crippen LogP contribution in [0.15, 0.2) is 36.7 Å². The number of fused-ring (bicyclic) bond motifs is 2. The SMILES string of the molecule is COc1cc2c(Oc3ccc4[nH]c(C)cc4c3F)ncnc2cc1OC[C@H]1C[C@H](N2CCOCC2)C1. The van der Waals surface area contributed by atoms with Crippen LogP contribution >= 0.6 is 0 Å². The van der Waals surface area contributed by atoms with E-state index in [-0.39, 0.29) is 11.6 Å². The Hall–Kier alpha value is -3.43. The zero-order valence-corrected chi connectivity index (χ0v) is 20.4. The van der Waals surface area contributed by atoms with Crippen LogP contribution in [0.5, 0.6) is 23.1 Å². The molecule has 0 spiro atoms. The number of hydrogen-bond donors (Lipinski definition) is 1. The minimum atomic E-state index is -0.439. The van der Waals surface area contributed by atoms with Crippen LogP contribution in [0.4, 0.5) is 4.39 Å². The summed E-state index contributed by atoms with van der Waals surface area (Å²) in [6.45, 7) is 6.20. The molecule has 0 atom stereocenters. The molecular weight excluding hydrogens is 463 g/mol. The number of H-pyrrole nitrogens is 1. The highest BCUT2D eigenvalue weighted by Gasteiger charge is 2.34. The molecule has 1 saturated carbocycles. The molecule has 0 radical (unpaired) electrons. The summed E-state index contributed by atoms with van der Waals surface area (Å²) in [4.78, 5) is 14.3. The minimum Gasteiger partial charge on any atom is -0.493 e. The molecular formula is C27H29FN4O4.